The van der Waals surface area contributed by atoms with E-state index in [-0.39, 0.29) is 19.0 Å². The zero-order chi connectivity index (χ0) is 27.6. The van der Waals surface area contributed by atoms with Crippen LogP contribution in [0.15, 0.2) is 67.0 Å². The standard InChI is InChI=1S/C27H29N5O6Si/c1-39(2,3)38-24-22-23(30-27(28)31-24)32(16-29-22)21-14-19(37-26(34)18-12-8-5-9-13-18)20(36-21)15-35-25(33)17-10-6-4-7-11-17/h4-13,16,19-21H,14-15H2,1-3H3,(H2,28,30,31)/t19?,20-,21-/m1/s1. The lowest BCUT2D eigenvalue weighted by Crippen LogP contribution is -2.32. The van der Waals surface area contributed by atoms with Crippen molar-refractivity contribution in [3.05, 3.63) is 78.1 Å². The Labute approximate surface area is 226 Å². The van der Waals surface area contributed by atoms with Crippen LogP contribution in [-0.2, 0) is 14.2 Å². The molecule has 3 heterocycles. The van der Waals surface area contributed by atoms with Crippen LogP contribution in [0.5, 0.6) is 5.88 Å². The molecule has 1 fully saturated rings. The van der Waals surface area contributed by atoms with Crippen molar-refractivity contribution in [3.63, 3.8) is 0 Å². The van der Waals surface area contributed by atoms with Gasteiger partial charge in [-0.05, 0) is 43.9 Å². The number of imidazole rings is 1. The van der Waals surface area contributed by atoms with Crippen molar-refractivity contribution in [1.82, 2.24) is 19.5 Å². The number of esters is 2. The molecule has 202 valence electrons. The van der Waals surface area contributed by atoms with E-state index in [4.69, 9.17) is 24.4 Å². The number of nitrogens with two attached hydrogens (primary N) is 1. The number of nitrogens with zero attached hydrogens (tertiary/aromatic N) is 4. The second-order valence-electron chi connectivity index (χ2n) is 10.1. The van der Waals surface area contributed by atoms with Gasteiger partial charge in [-0.2, -0.15) is 9.97 Å². The summed E-state index contributed by atoms with van der Waals surface area (Å²) in [5.74, 6) is -0.653. The molecule has 1 unspecified atom stereocenters. The normalized spacial score (nSPS) is 19.1. The van der Waals surface area contributed by atoms with E-state index in [1.165, 1.54) is 0 Å². The Bertz CT molecular complexity index is 1470. The van der Waals surface area contributed by atoms with Gasteiger partial charge in [0.1, 0.15) is 25.0 Å². The highest BCUT2D eigenvalue weighted by Crippen LogP contribution is 2.35. The number of carbonyl (C=O) groups is 2. The molecular weight excluding hydrogens is 518 g/mol. The molecule has 12 heteroatoms. The Kier molecular flexibility index (Phi) is 7.31. The summed E-state index contributed by atoms with van der Waals surface area (Å²) in [6, 6.07) is 17.3. The smallest absolute Gasteiger partial charge is 0.338 e. The molecule has 0 radical (unpaired) electrons. The van der Waals surface area contributed by atoms with Gasteiger partial charge in [-0.25, -0.2) is 14.6 Å². The molecule has 0 saturated carbocycles. The van der Waals surface area contributed by atoms with Gasteiger partial charge in [-0.3, -0.25) is 4.57 Å². The fourth-order valence-electron chi connectivity index (χ4n) is 4.22. The van der Waals surface area contributed by atoms with Crippen molar-refractivity contribution < 1.29 is 28.2 Å². The highest BCUT2D eigenvalue weighted by Gasteiger charge is 2.41. The summed E-state index contributed by atoms with van der Waals surface area (Å²) in [7, 11) is -2.01. The zero-order valence-corrected chi connectivity index (χ0v) is 22.8. The highest BCUT2D eigenvalue weighted by atomic mass is 28.4. The highest BCUT2D eigenvalue weighted by molar-refractivity contribution is 6.70. The third-order valence-electron chi connectivity index (χ3n) is 5.96. The molecule has 0 bridgehead atoms. The summed E-state index contributed by atoms with van der Waals surface area (Å²) < 4.78 is 25.4. The lowest BCUT2D eigenvalue weighted by Gasteiger charge is -2.19. The van der Waals surface area contributed by atoms with Gasteiger partial charge in [0, 0.05) is 6.42 Å². The maximum absolute atomic E-state index is 12.9. The first-order valence-electron chi connectivity index (χ1n) is 12.5. The molecule has 1 saturated heterocycles. The van der Waals surface area contributed by atoms with E-state index < -0.39 is 38.7 Å². The number of benzene rings is 2. The van der Waals surface area contributed by atoms with Gasteiger partial charge >= 0.3 is 11.9 Å². The predicted octanol–water partition coefficient (Wildman–Crippen LogP) is 3.99. The fourth-order valence-corrected chi connectivity index (χ4v) is 4.94. The zero-order valence-electron chi connectivity index (χ0n) is 21.8. The SMILES string of the molecule is C[Si](C)(C)Oc1nc(N)nc2c1ncn2[C@H]1CC(OC(=O)c2ccccc2)[C@@H](COC(=O)c2ccccc2)O1. The molecule has 0 aliphatic carbocycles. The van der Waals surface area contributed by atoms with Crippen LogP contribution in [0.25, 0.3) is 11.2 Å². The minimum Gasteiger partial charge on any atom is -0.530 e. The number of hydrogen-bond donors (Lipinski definition) is 1. The summed E-state index contributed by atoms with van der Waals surface area (Å²) in [5, 5.41) is 0. The molecule has 0 spiro atoms. The van der Waals surface area contributed by atoms with E-state index in [9.17, 15) is 9.59 Å². The summed E-state index contributed by atoms with van der Waals surface area (Å²) in [6.45, 7) is 5.97. The topological polar surface area (TPSA) is 141 Å². The number of ether oxygens (including phenoxy) is 3. The Morgan fingerprint density at radius 2 is 1.64 bits per heavy atom. The number of nitrogen functional groups attached to an aromatic ring is 1. The number of rotatable bonds is 8. The second-order valence-corrected chi connectivity index (χ2v) is 14.5. The predicted molar refractivity (Wildman–Crippen MR) is 145 cm³/mol. The molecule has 39 heavy (non-hydrogen) atoms. The molecule has 2 aromatic heterocycles. The summed E-state index contributed by atoms with van der Waals surface area (Å²) in [6.07, 6.45) is -0.232. The van der Waals surface area contributed by atoms with Gasteiger partial charge < -0.3 is 24.4 Å². The van der Waals surface area contributed by atoms with Crippen molar-refractivity contribution in [2.75, 3.05) is 12.3 Å². The molecule has 2 aromatic carbocycles. The van der Waals surface area contributed by atoms with Crippen molar-refractivity contribution in [3.8, 4) is 5.88 Å². The number of fused-ring (bicyclic) bond motifs is 1. The van der Waals surface area contributed by atoms with E-state index in [0.29, 0.717) is 28.2 Å². The third kappa shape index (κ3) is 6.07. The van der Waals surface area contributed by atoms with E-state index in [1.54, 1.807) is 59.4 Å². The first-order chi connectivity index (χ1) is 18.7. The number of hydrogen-bond acceptors (Lipinski definition) is 10. The van der Waals surface area contributed by atoms with Crippen LogP contribution in [0, 0.1) is 0 Å². The number of carbonyl (C=O) groups excluding carboxylic acids is 2. The van der Waals surface area contributed by atoms with E-state index in [0.717, 1.165) is 0 Å². The van der Waals surface area contributed by atoms with Crippen LogP contribution < -0.4 is 10.2 Å². The Morgan fingerprint density at radius 1 is 1.00 bits per heavy atom. The summed E-state index contributed by atoms with van der Waals surface area (Å²) >= 11 is 0. The van der Waals surface area contributed by atoms with Crippen LogP contribution in [0.2, 0.25) is 19.6 Å². The average molecular weight is 548 g/mol. The molecular formula is C27H29N5O6Si. The average Bonchev–Trinajstić information content (AvgIpc) is 3.51. The van der Waals surface area contributed by atoms with E-state index in [1.807, 2.05) is 31.8 Å². The number of anilines is 1. The minimum absolute atomic E-state index is 0.0379. The summed E-state index contributed by atoms with van der Waals surface area (Å²) in [4.78, 5) is 38.5. The molecule has 11 nitrogen and oxygen atoms in total. The number of aromatic nitrogens is 4. The Morgan fingerprint density at radius 3 is 2.28 bits per heavy atom. The largest absolute Gasteiger partial charge is 0.530 e. The molecule has 1 aliphatic heterocycles. The lowest BCUT2D eigenvalue weighted by atomic mass is 10.1. The van der Waals surface area contributed by atoms with Crippen LogP contribution in [-0.4, -0.2) is 58.6 Å². The first-order valence-corrected chi connectivity index (χ1v) is 15.9. The summed E-state index contributed by atoms with van der Waals surface area (Å²) in [5.41, 5.74) is 7.69. The maximum Gasteiger partial charge on any atom is 0.338 e. The van der Waals surface area contributed by atoms with Gasteiger partial charge in [0.05, 0.1) is 17.5 Å². The lowest BCUT2D eigenvalue weighted by molar-refractivity contribution is -0.0563. The molecule has 4 aromatic rings. The van der Waals surface area contributed by atoms with Gasteiger partial charge in [-0.1, -0.05) is 36.4 Å². The first kappa shape index (κ1) is 26.3. The Hall–Kier alpha value is -4.29. The van der Waals surface area contributed by atoms with Crippen molar-refractivity contribution in [1.29, 1.82) is 0 Å². The fraction of sp³-hybridized carbons (Fsp3) is 0.296. The molecule has 0 amide bonds. The van der Waals surface area contributed by atoms with Crippen LogP contribution >= 0.6 is 0 Å². The monoisotopic (exact) mass is 547 g/mol. The van der Waals surface area contributed by atoms with E-state index >= 15 is 0 Å². The maximum atomic E-state index is 12.9. The van der Waals surface area contributed by atoms with Crippen LogP contribution in [0.1, 0.15) is 33.4 Å². The quantitative estimate of drug-likeness (QED) is 0.254. The molecule has 3 atom stereocenters. The molecule has 1 aliphatic rings. The van der Waals surface area contributed by atoms with Gasteiger partial charge in [-0.15, -0.1) is 0 Å². The van der Waals surface area contributed by atoms with Crippen LogP contribution in [0.3, 0.4) is 0 Å². The van der Waals surface area contributed by atoms with Crippen LogP contribution in [0.4, 0.5) is 5.95 Å². The second kappa shape index (κ2) is 10.8. The minimum atomic E-state index is -2.01. The van der Waals surface area contributed by atoms with E-state index in [2.05, 4.69) is 15.0 Å². The third-order valence-corrected chi connectivity index (χ3v) is 6.76. The molecule has 2 N–H and O–H groups in total. The van der Waals surface area contributed by atoms with Crippen molar-refractivity contribution in [2.24, 2.45) is 0 Å². The van der Waals surface area contributed by atoms with Crippen molar-refractivity contribution in [2.45, 2.75) is 44.5 Å². The van der Waals surface area contributed by atoms with Gasteiger partial charge in [0.25, 0.3) is 0 Å². The molecule has 5 rings (SSSR count). The van der Waals surface area contributed by atoms with Gasteiger partial charge in [0.15, 0.2) is 11.2 Å². The van der Waals surface area contributed by atoms with Crippen molar-refractivity contribution >= 4 is 37.4 Å². The Balaban J connectivity index is 1.40. The van der Waals surface area contributed by atoms with Gasteiger partial charge in [0.2, 0.25) is 20.1 Å².